The van der Waals surface area contributed by atoms with Crippen molar-refractivity contribution in [2.45, 2.75) is 106 Å². The second-order valence-corrected chi connectivity index (χ2v) is 12.2. The van der Waals surface area contributed by atoms with Gasteiger partial charge in [0, 0.05) is 6.42 Å². The summed E-state index contributed by atoms with van der Waals surface area (Å²) in [6, 6.07) is 0. The van der Waals surface area contributed by atoms with E-state index in [0.717, 1.165) is 42.4 Å². The Bertz CT molecular complexity index is 727. The van der Waals surface area contributed by atoms with Crippen LogP contribution in [0.15, 0.2) is 23.3 Å². The van der Waals surface area contributed by atoms with E-state index in [1.54, 1.807) is 5.57 Å². The van der Waals surface area contributed by atoms with Gasteiger partial charge in [-0.25, -0.2) is 0 Å². The maximum atomic E-state index is 12.1. The molecule has 1 nitrogen and oxygen atoms in total. The monoisotopic (exact) mass is 410 g/mol. The lowest BCUT2D eigenvalue weighted by molar-refractivity contribution is -0.117. The molecule has 0 unspecified atom stereocenters. The quantitative estimate of drug-likeness (QED) is 0.418. The molecule has 1 heteroatoms. The zero-order valence-electron chi connectivity index (χ0n) is 20.6. The van der Waals surface area contributed by atoms with Crippen molar-refractivity contribution < 1.29 is 4.79 Å². The molecule has 0 radical (unpaired) electrons. The van der Waals surface area contributed by atoms with E-state index in [4.69, 9.17) is 0 Å². The van der Waals surface area contributed by atoms with Crippen LogP contribution < -0.4 is 0 Å². The Labute approximate surface area is 186 Å². The molecule has 3 fully saturated rings. The molecule has 0 aromatic rings. The molecular formula is C29H46O. The topological polar surface area (TPSA) is 17.1 Å². The third-order valence-electron chi connectivity index (χ3n) is 10.6. The van der Waals surface area contributed by atoms with E-state index < -0.39 is 0 Å². The van der Waals surface area contributed by atoms with Gasteiger partial charge in [0.1, 0.15) is 0 Å². The summed E-state index contributed by atoms with van der Waals surface area (Å²) in [5, 5.41) is 0. The number of carbonyl (C=O) groups excluding carboxylic acids is 1. The van der Waals surface area contributed by atoms with Crippen LogP contribution in [0.1, 0.15) is 106 Å². The van der Waals surface area contributed by atoms with Gasteiger partial charge in [0.2, 0.25) is 0 Å². The van der Waals surface area contributed by atoms with Crippen LogP contribution in [-0.2, 0) is 4.79 Å². The van der Waals surface area contributed by atoms with Crippen LogP contribution in [0, 0.1) is 46.3 Å². The second-order valence-electron chi connectivity index (χ2n) is 12.2. The van der Waals surface area contributed by atoms with Gasteiger partial charge >= 0.3 is 0 Å². The number of carbonyl (C=O) groups is 1. The highest BCUT2D eigenvalue weighted by Crippen LogP contribution is 2.67. The van der Waals surface area contributed by atoms with Crippen LogP contribution in [0.25, 0.3) is 0 Å². The van der Waals surface area contributed by atoms with Crippen molar-refractivity contribution in [2.24, 2.45) is 46.3 Å². The van der Waals surface area contributed by atoms with Gasteiger partial charge in [-0.3, -0.25) is 4.79 Å². The fourth-order valence-corrected chi connectivity index (χ4v) is 8.82. The third kappa shape index (κ3) is 3.57. The average molecular weight is 411 g/mol. The van der Waals surface area contributed by atoms with Crippen molar-refractivity contribution in [1.29, 1.82) is 0 Å². The minimum absolute atomic E-state index is 0.317. The second kappa shape index (κ2) is 8.25. The standard InChI is InChI=1S/C29H46O/c1-7-21(19(2)3)9-8-20(4)25-12-13-26-24-11-10-22-18-23(30)14-16-28(22,5)27(24)15-17-29(25,26)6/h9,18-20,24-27H,7-8,10-17H2,1-6H3/b21-9-/t20-,24+,25-,26+,27+,28+,29-/m1/s1. The first-order valence-electron chi connectivity index (χ1n) is 13.1. The SMILES string of the molecule is CC/C(=C/C[C@@H](C)[C@H]1CC[C@H]2[C@@H]3CCC4=CC(=O)CC[C@]4(C)[C@H]3CC[C@]12C)C(C)C. The van der Waals surface area contributed by atoms with Gasteiger partial charge in [-0.05, 0) is 110 Å². The van der Waals surface area contributed by atoms with E-state index in [1.165, 1.54) is 56.9 Å². The molecular weight excluding hydrogens is 364 g/mol. The predicted molar refractivity (Wildman–Crippen MR) is 127 cm³/mol. The van der Waals surface area contributed by atoms with Crippen LogP contribution in [0.2, 0.25) is 0 Å². The lowest BCUT2D eigenvalue weighted by atomic mass is 9.46. The molecule has 0 N–H and O–H groups in total. The predicted octanol–water partition coefficient (Wildman–Crippen LogP) is 8.15. The number of ketones is 1. The van der Waals surface area contributed by atoms with Gasteiger partial charge in [0.05, 0.1) is 0 Å². The van der Waals surface area contributed by atoms with Crippen molar-refractivity contribution in [3.63, 3.8) is 0 Å². The van der Waals surface area contributed by atoms with E-state index in [1.807, 2.05) is 0 Å². The maximum absolute atomic E-state index is 12.1. The van der Waals surface area contributed by atoms with E-state index in [-0.39, 0.29) is 0 Å². The lowest BCUT2D eigenvalue weighted by Crippen LogP contribution is -2.50. The zero-order valence-corrected chi connectivity index (χ0v) is 20.6. The van der Waals surface area contributed by atoms with Gasteiger partial charge in [-0.1, -0.05) is 58.8 Å². The summed E-state index contributed by atoms with van der Waals surface area (Å²) in [5.41, 5.74) is 4.02. The number of hydrogen-bond acceptors (Lipinski definition) is 1. The largest absolute Gasteiger partial charge is 0.295 e. The Morgan fingerprint density at radius 3 is 2.53 bits per heavy atom. The highest BCUT2D eigenvalue weighted by Gasteiger charge is 2.59. The molecule has 0 saturated heterocycles. The summed E-state index contributed by atoms with van der Waals surface area (Å²) in [6.07, 6.45) is 17.3. The highest BCUT2D eigenvalue weighted by molar-refractivity contribution is 5.91. The lowest BCUT2D eigenvalue weighted by Gasteiger charge is -2.58. The molecule has 0 aromatic carbocycles. The van der Waals surface area contributed by atoms with Crippen molar-refractivity contribution in [1.82, 2.24) is 0 Å². The molecule has 4 aliphatic rings. The summed E-state index contributed by atoms with van der Waals surface area (Å²) < 4.78 is 0. The first-order valence-corrected chi connectivity index (χ1v) is 13.1. The highest BCUT2D eigenvalue weighted by atomic mass is 16.1. The molecule has 0 aliphatic heterocycles. The van der Waals surface area contributed by atoms with Crippen LogP contribution >= 0.6 is 0 Å². The molecule has 0 aromatic heterocycles. The summed E-state index contributed by atoms with van der Waals surface area (Å²) in [5.74, 6) is 5.41. The molecule has 168 valence electrons. The Balaban J connectivity index is 1.52. The smallest absolute Gasteiger partial charge is 0.155 e. The van der Waals surface area contributed by atoms with Crippen LogP contribution in [0.5, 0.6) is 0 Å². The van der Waals surface area contributed by atoms with Gasteiger partial charge in [0.15, 0.2) is 5.78 Å². The first kappa shape index (κ1) is 22.3. The molecule has 7 atom stereocenters. The molecule has 0 heterocycles. The number of hydrogen-bond donors (Lipinski definition) is 0. The number of allylic oxidation sites excluding steroid dienone is 3. The van der Waals surface area contributed by atoms with Crippen molar-refractivity contribution in [3.8, 4) is 0 Å². The molecule has 0 spiro atoms. The number of fused-ring (bicyclic) bond motifs is 5. The molecule has 0 bridgehead atoms. The Morgan fingerprint density at radius 1 is 1.07 bits per heavy atom. The van der Waals surface area contributed by atoms with Crippen molar-refractivity contribution in [2.75, 3.05) is 0 Å². The van der Waals surface area contributed by atoms with E-state index in [0.29, 0.717) is 22.5 Å². The van der Waals surface area contributed by atoms with Crippen molar-refractivity contribution in [3.05, 3.63) is 23.3 Å². The van der Waals surface area contributed by atoms with Gasteiger partial charge in [-0.15, -0.1) is 0 Å². The molecule has 4 aliphatic carbocycles. The summed E-state index contributed by atoms with van der Waals surface area (Å²) in [6.45, 7) is 14.7. The van der Waals surface area contributed by atoms with Gasteiger partial charge in [-0.2, -0.15) is 0 Å². The fraction of sp³-hybridized carbons (Fsp3) is 0.828. The van der Waals surface area contributed by atoms with Gasteiger partial charge < -0.3 is 0 Å². The van der Waals surface area contributed by atoms with Gasteiger partial charge in [0.25, 0.3) is 0 Å². The van der Waals surface area contributed by atoms with Crippen molar-refractivity contribution >= 4 is 5.78 Å². The normalized spacial score (nSPS) is 42.4. The van der Waals surface area contributed by atoms with Crippen LogP contribution in [-0.4, -0.2) is 5.78 Å². The van der Waals surface area contributed by atoms with Crippen LogP contribution in [0.4, 0.5) is 0 Å². The Hall–Kier alpha value is -0.850. The first-order chi connectivity index (χ1) is 14.2. The average Bonchev–Trinajstić information content (AvgIpc) is 3.06. The third-order valence-corrected chi connectivity index (χ3v) is 10.6. The van der Waals surface area contributed by atoms with Crippen LogP contribution in [0.3, 0.4) is 0 Å². The Morgan fingerprint density at radius 2 is 1.83 bits per heavy atom. The molecule has 3 saturated carbocycles. The summed E-state index contributed by atoms with van der Waals surface area (Å²) >= 11 is 0. The number of rotatable bonds is 5. The minimum atomic E-state index is 0.317. The van der Waals surface area contributed by atoms with E-state index >= 15 is 0 Å². The summed E-state index contributed by atoms with van der Waals surface area (Å²) in [4.78, 5) is 12.1. The summed E-state index contributed by atoms with van der Waals surface area (Å²) in [7, 11) is 0. The zero-order chi connectivity index (χ0) is 21.7. The Kier molecular flexibility index (Phi) is 6.15. The molecule has 0 amide bonds. The maximum Gasteiger partial charge on any atom is 0.155 e. The molecule has 4 rings (SSSR count). The molecule has 30 heavy (non-hydrogen) atoms. The minimum Gasteiger partial charge on any atom is -0.295 e. The van der Waals surface area contributed by atoms with E-state index in [2.05, 4.69) is 53.7 Å². The van der Waals surface area contributed by atoms with E-state index in [9.17, 15) is 4.79 Å². The fourth-order valence-electron chi connectivity index (χ4n) is 8.82.